The lowest BCUT2D eigenvalue weighted by Crippen LogP contribution is -2.07. The average Bonchev–Trinajstić information content (AvgIpc) is 2.58. The van der Waals surface area contributed by atoms with Gasteiger partial charge in [-0.05, 0) is 48.4 Å². The maximum Gasteiger partial charge on any atom is 0.248 e. The van der Waals surface area contributed by atoms with Crippen molar-refractivity contribution < 1.29 is 14.3 Å². The van der Waals surface area contributed by atoms with Crippen molar-refractivity contribution in [3.05, 3.63) is 72.3 Å². The predicted molar refractivity (Wildman–Crippen MR) is 97.5 cm³/mol. The highest BCUT2D eigenvalue weighted by Crippen LogP contribution is 2.28. The molecule has 124 valence electrons. The van der Waals surface area contributed by atoms with Crippen LogP contribution >= 0.6 is 0 Å². The molecular weight excluding hydrogens is 302 g/mol. The number of rotatable bonds is 7. The summed E-state index contributed by atoms with van der Waals surface area (Å²) in [6.07, 6.45) is 4.88. The lowest BCUT2D eigenvalue weighted by Gasteiger charge is -2.09. The summed E-state index contributed by atoms with van der Waals surface area (Å²) in [6, 6.07) is 13.1. The highest BCUT2D eigenvalue weighted by Gasteiger charge is 2.04. The van der Waals surface area contributed by atoms with Gasteiger partial charge in [0.15, 0.2) is 11.5 Å². The molecule has 0 unspecified atom stereocenters. The number of nitrogens with one attached hydrogen (secondary N) is 1. The number of ether oxygens (including phenoxy) is 2. The molecule has 0 fully saturated rings. The van der Waals surface area contributed by atoms with Gasteiger partial charge in [-0.15, -0.1) is 0 Å². The highest BCUT2D eigenvalue weighted by molar-refractivity contribution is 6.02. The third kappa shape index (κ3) is 5.02. The van der Waals surface area contributed by atoms with E-state index in [0.717, 1.165) is 16.8 Å². The number of hydrogen-bond acceptors (Lipinski definition) is 3. The molecule has 2 aromatic carbocycles. The van der Waals surface area contributed by atoms with Crippen molar-refractivity contribution in [1.82, 2.24) is 0 Å². The van der Waals surface area contributed by atoms with E-state index < -0.39 is 0 Å². The smallest absolute Gasteiger partial charge is 0.248 e. The second kappa shape index (κ2) is 8.58. The minimum atomic E-state index is -0.188. The fourth-order valence-electron chi connectivity index (χ4n) is 2.13. The second-order valence-electron chi connectivity index (χ2n) is 5.20. The summed E-state index contributed by atoms with van der Waals surface area (Å²) in [5.74, 6) is 1.06. The van der Waals surface area contributed by atoms with Gasteiger partial charge in [-0.1, -0.05) is 30.9 Å². The number of aryl methyl sites for hydroxylation is 1. The second-order valence-corrected chi connectivity index (χ2v) is 5.20. The summed E-state index contributed by atoms with van der Waals surface area (Å²) in [5, 5.41) is 2.83. The third-order valence-corrected chi connectivity index (χ3v) is 3.26. The molecular formula is C20H21NO3. The molecule has 4 heteroatoms. The van der Waals surface area contributed by atoms with Gasteiger partial charge in [-0.3, -0.25) is 4.79 Å². The Bertz CT molecular complexity index is 750. The maximum absolute atomic E-state index is 12.0. The van der Waals surface area contributed by atoms with Crippen LogP contribution in [0.1, 0.15) is 11.1 Å². The third-order valence-electron chi connectivity index (χ3n) is 3.26. The van der Waals surface area contributed by atoms with Crippen molar-refractivity contribution >= 4 is 17.7 Å². The van der Waals surface area contributed by atoms with E-state index in [0.29, 0.717) is 18.1 Å². The summed E-state index contributed by atoms with van der Waals surface area (Å²) < 4.78 is 10.8. The lowest BCUT2D eigenvalue weighted by molar-refractivity contribution is -0.111. The quantitative estimate of drug-likeness (QED) is 0.613. The first kappa shape index (κ1) is 17.3. The van der Waals surface area contributed by atoms with Crippen LogP contribution in [-0.4, -0.2) is 19.6 Å². The summed E-state index contributed by atoms with van der Waals surface area (Å²) in [6.45, 7) is 6.00. The SMILES string of the molecule is C=CCOc1ccc(/C=C/C(=O)Nc2cccc(C)c2)cc1OC. The lowest BCUT2D eigenvalue weighted by atomic mass is 10.2. The molecule has 0 radical (unpaired) electrons. The molecule has 0 aliphatic heterocycles. The molecule has 0 aliphatic carbocycles. The number of hydrogen-bond donors (Lipinski definition) is 1. The summed E-state index contributed by atoms with van der Waals surface area (Å²) >= 11 is 0. The first-order valence-electron chi connectivity index (χ1n) is 7.60. The van der Waals surface area contributed by atoms with Crippen molar-refractivity contribution in [2.24, 2.45) is 0 Å². The van der Waals surface area contributed by atoms with Crippen molar-refractivity contribution in [3.8, 4) is 11.5 Å². The normalized spacial score (nSPS) is 10.4. The zero-order valence-electron chi connectivity index (χ0n) is 13.9. The first-order chi connectivity index (χ1) is 11.6. The van der Waals surface area contributed by atoms with Crippen LogP contribution in [0.3, 0.4) is 0 Å². The minimum Gasteiger partial charge on any atom is -0.493 e. The van der Waals surface area contributed by atoms with E-state index in [2.05, 4.69) is 11.9 Å². The van der Waals surface area contributed by atoms with E-state index in [-0.39, 0.29) is 5.91 Å². The van der Waals surface area contributed by atoms with Crippen LogP contribution in [0.15, 0.2) is 61.2 Å². The van der Waals surface area contributed by atoms with E-state index in [4.69, 9.17) is 9.47 Å². The summed E-state index contributed by atoms with van der Waals surface area (Å²) in [5.41, 5.74) is 2.71. The van der Waals surface area contributed by atoms with Crippen LogP contribution < -0.4 is 14.8 Å². The Labute approximate surface area is 142 Å². The Morgan fingerprint density at radius 2 is 2.04 bits per heavy atom. The number of amides is 1. The molecule has 0 saturated heterocycles. The van der Waals surface area contributed by atoms with Gasteiger partial charge in [0.05, 0.1) is 7.11 Å². The van der Waals surface area contributed by atoms with Gasteiger partial charge >= 0.3 is 0 Å². The zero-order valence-corrected chi connectivity index (χ0v) is 13.9. The van der Waals surface area contributed by atoms with Crippen molar-refractivity contribution in [1.29, 1.82) is 0 Å². The monoisotopic (exact) mass is 323 g/mol. The fourth-order valence-corrected chi connectivity index (χ4v) is 2.13. The van der Waals surface area contributed by atoms with E-state index >= 15 is 0 Å². The minimum absolute atomic E-state index is 0.188. The Morgan fingerprint density at radius 1 is 1.21 bits per heavy atom. The number of carbonyl (C=O) groups excluding carboxylic acids is 1. The topological polar surface area (TPSA) is 47.6 Å². The molecule has 24 heavy (non-hydrogen) atoms. The number of carbonyl (C=O) groups is 1. The first-order valence-corrected chi connectivity index (χ1v) is 7.60. The zero-order chi connectivity index (χ0) is 17.4. The van der Waals surface area contributed by atoms with Crippen LogP contribution in [0.25, 0.3) is 6.08 Å². The predicted octanol–water partition coefficient (Wildman–Crippen LogP) is 4.22. The van der Waals surface area contributed by atoms with Gasteiger partial charge in [0.25, 0.3) is 0 Å². The van der Waals surface area contributed by atoms with Gasteiger partial charge in [0.1, 0.15) is 6.61 Å². The highest BCUT2D eigenvalue weighted by atomic mass is 16.5. The fraction of sp³-hybridized carbons (Fsp3) is 0.150. The van der Waals surface area contributed by atoms with Crippen LogP contribution in [-0.2, 0) is 4.79 Å². The van der Waals surface area contributed by atoms with Crippen molar-refractivity contribution in [3.63, 3.8) is 0 Å². The Kier molecular flexibility index (Phi) is 6.20. The molecule has 1 N–H and O–H groups in total. The van der Waals surface area contributed by atoms with Gasteiger partial charge in [0.2, 0.25) is 5.91 Å². The van der Waals surface area contributed by atoms with Gasteiger partial charge in [0, 0.05) is 11.8 Å². The summed E-state index contributed by atoms with van der Waals surface area (Å²) in [4.78, 5) is 12.0. The molecule has 2 aromatic rings. The Hall–Kier alpha value is -3.01. The number of benzene rings is 2. The van der Waals surface area contributed by atoms with Crippen LogP contribution in [0, 0.1) is 6.92 Å². The average molecular weight is 323 g/mol. The molecule has 0 saturated carbocycles. The van der Waals surface area contributed by atoms with E-state index in [1.165, 1.54) is 6.08 Å². The van der Waals surface area contributed by atoms with E-state index in [1.807, 2.05) is 43.3 Å². The van der Waals surface area contributed by atoms with Gasteiger partial charge in [-0.2, -0.15) is 0 Å². The van der Waals surface area contributed by atoms with Crippen molar-refractivity contribution in [2.45, 2.75) is 6.92 Å². The number of methoxy groups -OCH3 is 1. The molecule has 0 bridgehead atoms. The molecule has 0 heterocycles. The standard InChI is InChI=1S/C20H21NO3/c1-4-12-24-18-10-8-16(14-19(18)23-3)9-11-20(22)21-17-7-5-6-15(2)13-17/h4-11,13-14H,1,12H2,2-3H3,(H,21,22)/b11-9+. The molecule has 0 aromatic heterocycles. The molecule has 0 aliphatic rings. The maximum atomic E-state index is 12.0. The van der Waals surface area contributed by atoms with E-state index in [1.54, 1.807) is 25.3 Å². The molecule has 1 amide bonds. The van der Waals surface area contributed by atoms with Crippen LogP contribution in [0.5, 0.6) is 11.5 Å². The molecule has 0 spiro atoms. The number of anilines is 1. The van der Waals surface area contributed by atoms with Crippen LogP contribution in [0.4, 0.5) is 5.69 Å². The summed E-state index contributed by atoms with van der Waals surface area (Å²) in [7, 11) is 1.58. The Morgan fingerprint density at radius 3 is 2.75 bits per heavy atom. The van der Waals surface area contributed by atoms with Crippen molar-refractivity contribution in [2.75, 3.05) is 19.0 Å². The Balaban J connectivity index is 2.05. The van der Waals surface area contributed by atoms with Gasteiger partial charge < -0.3 is 14.8 Å². The largest absolute Gasteiger partial charge is 0.493 e. The van der Waals surface area contributed by atoms with Gasteiger partial charge in [-0.25, -0.2) is 0 Å². The molecule has 0 atom stereocenters. The molecule has 4 nitrogen and oxygen atoms in total. The van der Waals surface area contributed by atoms with Crippen LogP contribution in [0.2, 0.25) is 0 Å². The molecule has 2 rings (SSSR count). The van der Waals surface area contributed by atoms with E-state index in [9.17, 15) is 4.79 Å².